The van der Waals surface area contributed by atoms with Crippen LogP contribution >= 0.6 is 0 Å². The molecule has 2 nitrogen and oxygen atoms in total. The van der Waals surface area contributed by atoms with E-state index in [0.29, 0.717) is 11.8 Å². The lowest BCUT2D eigenvalue weighted by Gasteiger charge is -2.33. The third kappa shape index (κ3) is 1.81. The third-order valence-corrected chi connectivity index (χ3v) is 2.99. The van der Waals surface area contributed by atoms with Gasteiger partial charge >= 0.3 is 0 Å². The Kier molecular flexibility index (Phi) is 2.85. The van der Waals surface area contributed by atoms with Gasteiger partial charge in [0, 0.05) is 11.8 Å². The molecular formula is C12H17NO. The molecule has 1 saturated heterocycles. The Balaban J connectivity index is 2.14. The zero-order valence-corrected chi connectivity index (χ0v) is 8.57. The molecule has 2 N–H and O–H groups in total. The highest BCUT2D eigenvalue weighted by atomic mass is 16.5. The summed E-state index contributed by atoms with van der Waals surface area (Å²) in [5.74, 6) is 1.10. The summed E-state index contributed by atoms with van der Waals surface area (Å²) in [6.07, 6.45) is 0. The lowest BCUT2D eigenvalue weighted by Crippen LogP contribution is -2.36. The molecule has 1 heterocycles. The van der Waals surface area contributed by atoms with E-state index in [-0.39, 0.29) is 0 Å². The first-order valence-corrected chi connectivity index (χ1v) is 5.15. The Morgan fingerprint density at radius 2 is 2.00 bits per heavy atom. The molecule has 0 saturated carbocycles. The Labute approximate surface area is 85.1 Å². The first-order valence-electron chi connectivity index (χ1n) is 5.15. The molecule has 1 aromatic carbocycles. The maximum atomic E-state index is 5.80. The van der Waals surface area contributed by atoms with E-state index in [1.165, 1.54) is 11.1 Å². The van der Waals surface area contributed by atoms with Crippen molar-refractivity contribution in [1.82, 2.24) is 0 Å². The largest absolute Gasteiger partial charge is 0.381 e. The highest BCUT2D eigenvalue weighted by Gasteiger charge is 2.28. The van der Waals surface area contributed by atoms with Crippen molar-refractivity contribution in [1.29, 1.82) is 0 Å². The van der Waals surface area contributed by atoms with Crippen LogP contribution in [0.1, 0.15) is 17.0 Å². The molecular weight excluding hydrogens is 174 g/mol. The van der Waals surface area contributed by atoms with Crippen molar-refractivity contribution in [3.8, 4) is 0 Å². The van der Waals surface area contributed by atoms with Gasteiger partial charge in [-0.2, -0.15) is 0 Å². The SMILES string of the molecule is Cc1ccc(C(CN)C2COC2)cc1. The fourth-order valence-corrected chi connectivity index (χ4v) is 1.90. The molecule has 0 aliphatic carbocycles. The highest BCUT2D eigenvalue weighted by Crippen LogP contribution is 2.29. The number of benzene rings is 1. The lowest BCUT2D eigenvalue weighted by molar-refractivity contribution is -0.0437. The standard InChI is InChI=1S/C12H17NO/c1-9-2-4-10(5-3-9)12(6-13)11-7-14-8-11/h2-5,11-12H,6-8,13H2,1H3. The summed E-state index contributed by atoms with van der Waals surface area (Å²) in [6, 6.07) is 8.67. The smallest absolute Gasteiger partial charge is 0.0522 e. The van der Waals surface area contributed by atoms with E-state index in [4.69, 9.17) is 10.5 Å². The summed E-state index contributed by atoms with van der Waals surface area (Å²) in [4.78, 5) is 0. The second-order valence-electron chi connectivity index (χ2n) is 4.05. The van der Waals surface area contributed by atoms with Crippen molar-refractivity contribution >= 4 is 0 Å². The Morgan fingerprint density at radius 3 is 2.43 bits per heavy atom. The van der Waals surface area contributed by atoms with Crippen molar-refractivity contribution in [2.75, 3.05) is 19.8 Å². The van der Waals surface area contributed by atoms with Crippen LogP contribution in [0.5, 0.6) is 0 Å². The van der Waals surface area contributed by atoms with Crippen molar-refractivity contribution in [3.63, 3.8) is 0 Å². The maximum Gasteiger partial charge on any atom is 0.0522 e. The van der Waals surface area contributed by atoms with Crippen LogP contribution in [0.25, 0.3) is 0 Å². The fraction of sp³-hybridized carbons (Fsp3) is 0.500. The molecule has 0 aromatic heterocycles. The number of rotatable bonds is 3. The van der Waals surface area contributed by atoms with Crippen LogP contribution in [0.4, 0.5) is 0 Å². The molecule has 0 amide bonds. The van der Waals surface area contributed by atoms with Gasteiger partial charge in [0.15, 0.2) is 0 Å². The van der Waals surface area contributed by atoms with Crippen molar-refractivity contribution in [3.05, 3.63) is 35.4 Å². The lowest BCUT2D eigenvalue weighted by atomic mass is 9.84. The van der Waals surface area contributed by atoms with Crippen LogP contribution in [-0.4, -0.2) is 19.8 Å². The predicted octanol–water partition coefficient (Wildman–Crippen LogP) is 1.68. The minimum absolute atomic E-state index is 0.476. The second kappa shape index (κ2) is 4.11. The van der Waals surface area contributed by atoms with E-state index in [0.717, 1.165) is 19.8 Å². The molecule has 0 radical (unpaired) electrons. The topological polar surface area (TPSA) is 35.2 Å². The molecule has 1 fully saturated rings. The van der Waals surface area contributed by atoms with E-state index in [1.54, 1.807) is 0 Å². The minimum atomic E-state index is 0.476. The quantitative estimate of drug-likeness (QED) is 0.789. The van der Waals surface area contributed by atoms with Crippen molar-refractivity contribution < 1.29 is 4.74 Å². The third-order valence-electron chi connectivity index (χ3n) is 2.99. The molecule has 1 aliphatic rings. The highest BCUT2D eigenvalue weighted by molar-refractivity contribution is 5.25. The fourth-order valence-electron chi connectivity index (χ4n) is 1.90. The Hall–Kier alpha value is -0.860. The number of hydrogen-bond donors (Lipinski definition) is 1. The van der Waals surface area contributed by atoms with Crippen LogP contribution in [0.2, 0.25) is 0 Å². The number of nitrogens with two attached hydrogens (primary N) is 1. The van der Waals surface area contributed by atoms with E-state index in [1.807, 2.05) is 0 Å². The number of ether oxygens (including phenoxy) is 1. The zero-order chi connectivity index (χ0) is 9.97. The van der Waals surface area contributed by atoms with E-state index in [9.17, 15) is 0 Å². The molecule has 1 atom stereocenters. The molecule has 2 heteroatoms. The molecule has 1 aliphatic heterocycles. The van der Waals surface area contributed by atoms with Gasteiger partial charge in [-0.3, -0.25) is 0 Å². The molecule has 14 heavy (non-hydrogen) atoms. The first-order chi connectivity index (χ1) is 6.81. The molecule has 0 bridgehead atoms. The van der Waals surface area contributed by atoms with Gasteiger partial charge in [-0.25, -0.2) is 0 Å². The Bertz CT molecular complexity index is 290. The summed E-state index contributed by atoms with van der Waals surface area (Å²) in [5, 5.41) is 0. The predicted molar refractivity (Wildman–Crippen MR) is 57.3 cm³/mol. The van der Waals surface area contributed by atoms with Crippen LogP contribution in [0.3, 0.4) is 0 Å². The molecule has 1 aromatic rings. The zero-order valence-electron chi connectivity index (χ0n) is 8.57. The van der Waals surface area contributed by atoms with Gasteiger partial charge in [-0.1, -0.05) is 29.8 Å². The summed E-state index contributed by atoms with van der Waals surface area (Å²) >= 11 is 0. The average Bonchev–Trinajstić information content (AvgIpc) is 2.13. The molecule has 1 unspecified atom stereocenters. The molecule has 2 rings (SSSR count). The van der Waals surface area contributed by atoms with E-state index in [2.05, 4.69) is 31.2 Å². The Morgan fingerprint density at radius 1 is 1.36 bits per heavy atom. The van der Waals surface area contributed by atoms with Crippen molar-refractivity contribution in [2.45, 2.75) is 12.8 Å². The van der Waals surface area contributed by atoms with Gasteiger partial charge in [0.2, 0.25) is 0 Å². The van der Waals surface area contributed by atoms with Gasteiger partial charge < -0.3 is 10.5 Å². The summed E-state index contributed by atoms with van der Waals surface area (Å²) < 4.78 is 5.21. The van der Waals surface area contributed by atoms with E-state index < -0.39 is 0 Å². The maximum absolute atomic E-state index is 5.80. The monoisotopic (exact) mass is 191 g/mol. The van der Waals surface area contributed by atoms with Gasteiger partial charge in [0.25, 0.3) is 0 Å². The first kappa shape index (κ1) is 9.69. The van der Waals surface area contributed by atoms with Gasteiger partial charge in [0.1, 0.15) is 0 Å². The van der Waals surface area contributed by atoms with Crippen LogP contribution in [0, 0.1) is 12.8 Å². The van der Waals surface area contributed by atoms with E-state index >= 15 is 0 Å². The second-order valence-corrected chi connectivity index (χ2v) is 4.05. The number of aryl methyl sites for hydroxylation is 1. The summed E-state index contributed by atoms with van der Waals surface area (Å²) in [6.45, 7) is 4.57. The van der Waals surface area contributed by atoms with Crippen LogP contribution < -0.4 is 5.73 Å². The summed E-state index contributed by atoms with van der Waals surface area (Å²) in [7, 11) is 0. The number of hydrogen-bond acceptors (Lipinski definition) is 2. The van der Waals surface area contributed by atoms with Crippen LogP contribution in [-0.2, 0) is 4.74 Å². The van der Waals surface area contributed by atoms with Gasteiger partial charge in [0.05, 0.1) is 13.2 Å². The average molecular weight is 191 g/mol. The van der Waals surface area contributed by atoms with Crippen molar-refractivity contribution in [2.24, 2.45) is 11.7 Å². The molecule has 76 valence electrons. The summed E-state index contributed by atoms with van der Waals surface area (Å²) in [5.41, 5.74) is 8.45. The normalized spacial score (nSPS) is 19.0. The van der Waals surface area contributed by atoms with Gasteiger partial charge in [-0.05, 0) is 19.0 Å². The van der Waals surface area contributed by atoms with Gasteiger partial charge in [-0.15, -0.1) is 0 Å². The molecule has 0 spiro atoms. The van der Waals surface area contributed by atoms with Crippen LogP contribution in [0.15, 0.2) is 24.3 Å². The minimum Gasteiger partial charge on any atom is -0.381 e.